The highest BCUT2D eigenvalue weighted by atomic mass is 32.2. The quantitative estimate of drug-likeness (QED) is 0.930. The lowest BCUT2D eigenvalue weighted by molar-refractivity contribution is 0.342. The van der Waals surface area contributed by atoms with E-state index in [1.807, 2.05) is 26.1 Å². The van der Waals surface area contributed by atoms with Crippen LogP contribution < -0.4 is 5.32 Å². The summed E-state index contributed by atoms with van der Waals surface area (Å²) in [6.07, 6.45) is 4.15. The standard InChI is InChI=1S/C16H26N2O2S/c1-13-7-5-4-6-12-18(13)21(19,20)16-10-8-15(9-11-16)14(2)17-3/h8-11,13-14,17H,4-7,12H2,1-3H3. The summed E-state index contributed by atoms with van der Waals surface area (Å²) in [6.45, 7) is 4.71. The first-order chi connectivity index (χ1) is 9.96. The number of rotatable bonds is 4. The Hall–Kier alpha value is -0.910. The fraction of sp³-hybridized carbons (Fsp3) is 0.625. The lowest BCUT2D eigenvalue weighted by Gasteiger charge is -2.26. The first kappa shape index (κ1) is 16.5. The van der Waals surface area contributed by atoms with Gasteiger partial charge in [0.05, 0.1) is 4.90 Å². The molecule has 1 fully saturated rings. The van der Waals surface area contributed by atoms with E-state index in [9.17, 15) is 8.42 Å². The van der Waals surface area contributed by atoms with Crippen molar-refractivity contribution >= 4 is 10.0 Å². The second kappa shape index (κ2) is 6.90. The SMILES string of the molecule is CNC(C)c1ccc(S(=O)(=O)N2CCCCCC2C)cc1. The van der Waals surface area contributed by atoms with E-state index in [1.54, 1.807) is 16.4 Å². The summed E-state index contributed by atoms with van der Waals surface area (Å²) >= 11 is 0. The predicted octanol–water partition coefficient (Wildman–Crippen LogP) is 2.92. The van der Waals surface area contributed by atoms with Gasteiger partial charge < -0.3 is 5.32 Å². The minimum absolute atomic E-state index is 0.0911. The van der Waals surface area contributed by atoms with Crippen molar-refractivity contribution in [2.24, 2.45) is 0 Å². The second-order valence-corrected chi connectivity index (χ2v) is 7.78. The molecule has 1 N–H and O–H groups in total. The molecule has 0 amide bonds. The van der Waals surface area contributed by atoms with E-state index in [0.717, 1.165) is 31.2 Å². The Kier molecular flexibility index (Phi) is 5.41. The average molecular weight is 310 g/mol. The van der Waals surface area contributed by atoms with Gasteiger partial charge in [-0.15, -0.1) is 0 Å². The summed E-state index contributed by atoms with van der Waals surface area (Å²) in [5, 5.41) is 3.16. The molecule has 1 aromatic carbocycles. The van der Waals surface area contributed by atoms with E-state index in [0.29, 0.717) is 11.4 Å². The van der Waals surface area contributed by atoms with Crippen molar-refractivity contribution in [1.82, 2.24) is 9.62 Å². The van der Waals surface area contributed by atoms with E-state index < -0.39 is 10.0 Å². The Morgan fingerprint density at radius 2 is 1.86 bits per heavy atom. The van der Waals surface area contributed by atoms with Crippen LogP contribution in [0.25, 0.3) is 0 Å². The average Bonchev–Trinajstić information content (AvgIpc) is 2.71. The van der Waals surface area contributed by atoms with Gasteiger partial charge in [0.2, 0.25) is 10.0 Å². The zero-order valence-corrected chi connectivity index (χ0v) is 14.0. The lowest BCUT2D eigenvalue weighted by Crippen LogP contribution is -2.38. The Balaban J connectivity index is 2.26. The summed E-state index contributed by atoms with van der Waals surface area (Å²) in [7, 11) is -1.47. The fourth-order valence-corrected chi connectivity index (χ4v) is 4.54. The maximum absolute atomic E-state index is 12.8. The first-order valence-corrected chi connectivity index (χ1v) is 9.20. The molecule has 4 nitrogen and oxygen atoms in total. The highest BCUT2D eigenvalue weighted by Crippen LogP contribution is 2.25. The lowest BCUT2D eigenvalue weighted by atomic mass is 10.1. The van der Waals surface area contributed by atoms with Crippen molar-refractivity contribution in [3.05, 3.63) is 29.8 Å². The van der Waals surface area contributed by atoms with Crippen molar-refractivity contribution in [2.45, 2.75) is 56.5 Å². The molecule has 1 aliphatic heterocycles. The van der Waals surface area contributed by atoms with E-state index in [4.69, 9.17) is 0 Å². The van der Waals surface area contributed by atoms with Crippen LogP contribution in [0.2, 0.25) is 0 Å². The van der Waals surface area contributed by atoms with Crippen molar-refractivity contribution in [3.8, 4) is 0 Å². The number of nitrogens with one attached hydrogen (secondary N) is 1. The molecule has 2 rings (SSSR count). The molecule has 0 aliphatic carbocycles. The fourth-order valence-electron chi connectivity index (χ4n) is 2.84. The van der Waals surface area contributed by atoms with Crippen LogP contribution in [-0.2, 0) is 10.0 Å². The molecule has 2 unspecified atom stereocenters. The summed E-state index contributed by atoms with van der Waals surface area (Å²) in [5.74, 6) is 0. The summed E-state index contributed by atoms with van der Waals surface area (Å²) in [5.41, 5.74) is 1.10. The third kappa shape index (κ3) is 3.65. The molecule has 1 aromatic rings. The zero-order valence-electron chi connectivity index (χ0n) is 13.2. The Labute approximate surface area is 128 Å². The molecule has 0 spiro atoms. The van der Waals surface area contributed by atoms with Gasteiger partial charge in [-0.3, -0.25) is 0 Å². The molecule has 1 saturated heterocycles. The molecule has 0 radical (unpaired) electrons. The molecule has 0 saturated carbocycles. The van der Waals surface area contributed by atoms with Gasteiger partial charge in [0.1, 0.15) is 0 Å². The Morgan fingerprint density at radius 3 is 2.48 bits per heavy atom. The van der Waals surface area contributed by atoms with Crippen LogP contribution in [0.5, 0.6) is 0 Å². The molecule has 21 heavy (non-hydrogen) atoms. The molecule has 0 aromatic heterocycles. The second-order valence-electron chi connectivity index (χ2n) is 5.89. The largest absolute Gasteiger partial charge is 0.313 e. The van der Waals surface area contributed by atoms with Gasteiger partial charge in [-0.2, -0.15) is 4.31 Å². The van der Waals surface area contributed by atoms with E-state index in [1.165, 1.54) is 0 Å². The van der Waals surface area contributed by atoms with Crippen molar-refractivity contribution in [1.29, 1.82) is 0 Å². The molecule has 118 valence electrons. The molecule has 1 aliphatic rings. The van der Waals surface area contributed by atoms with Gasteiger partial charge in [-0.05, 0) is 51.4 Å². The van der Waals surface area contributed by atoms with Crippen LogP contribution in [0.15, 0.2) is 29.2 Å². The normalized spacial score (nSPS) is 22.7. The van der Waals surface area contributed by atoms with Crippen LogP contribution in [0, 0.1) is 0 Å². The van der Waals surface area contributed by atoms with Crippen molar-refractivity contribution in [3.63, 3.8) is 0 Å². The molecule has 1 heterocycles. The Morgan fingerprint density at radius 1 is 1.19 bits per heavy atom. The van der Waals surface area contributed by atoms with Crippen LogP contribution in [0.1, 0.15) is 51.1 Å². The molecule has 0 bridgehead atoms. The maximum atomic E-state index is 12.8. The molecule has 2 atom stereocenters. The zero-order chi connectivity index (χ0) is 15.5. The number of nitrogens with zero attached hydrogens (tertiary/aromatic N) is 1. The highest BCUT2D eigenvalue weighted by Gasteiger charge is 2.29. The van der Waals surface area contributed by atoms with E-state index >= 15 is 0 Å². The van der Waals surface area contributed by atoms with Gasteiger partial charge in [0.15, 0.2) is 0 Å². The van der Waals surface area contributed by atoms with Crippen molar-refractivity contribution in [2.75, 3.05) is 13.6 Å². The van der Waals surface area contributed by atoms with Gasteiger partial charge in [0.25, 0.3) is 0 Å². The third-order valence-corrected chi connectivity index (χ3v) is 6.44. The van der Waals surface area contributed by atoms with Crippen LogP contribution in [-0.4, -0.2) is 32.4 Å². The minimum atomic E-state index is -3.37. The van der Waals surface area contributed by atoms with Crippen LogP contribution in [0.4, 0.5) is 0 Å². The molecule has 5 heteroatoms. The topological polar surface area (TPSA) is 49.4 Å². The smallest absolute Gasteiger partial charge is 0.243 e. The van der Waals surface area contributed by atoms with E-state index in [2.05, 4.69) is 12.2 Å². The predicted molar refractivity (Wildman–Crippen MR) is 85.7 cm³/mol. The summed E-state index contributed by atoms with van der Waals surface area (Å²) < 4.78 is 27.3. The van der Waals surface area contributed by atoms with Gasteiger partial charge >= 0.3 is 0 Å². The first-order valence-electron chi connectivity index (χ1n) is 7.76. The summed E-state index contributed by atoms with van der Waals surface area (Å²) in [4.78, 5) is 0.406. The van der Waals surface area contributed by atoms with Gasteiger partial charge in [-0.1, -0.05) is 25.0 Å². The number of sulfonamides is 1. The number of hydrogen-bond acceptors (Lipinski definition) is 3. The van der Waals surface area contributed by atoms with Crippen LogP contribution >= 0.6 is 0 Å². The van der Waals surface area contributed by atoms with E-state index in [-0.39, 0.29) is 12.1 Å². The highest BCUT2D eigenvalue weighted by molar-refractivity contribution is 7.89. The minimum Gasteiger partial charge on any atom is -0.313 e. The molecular weight excluding hydrogens is 284 g/mol. The number of hydrogen-bond donors (Lipinski definition) is 1. The molecular formula is C16H26N2O2S. The maximum Gasteiger partial charge on any atom is 0.243 e. The third-order valence-electron chi connectivity index (χ3n) is 4.41. The Bertz CT molecular complexity index is 554. The van der Waals surface area contributed by atoms with Gasteiger partial charge in [-0.25, -0.2) is 8.42 Å². The van der Waals surface area contributed by atoms with Gasteiger partial charge in [0, 0.05) is 18.6 Å². The van der Waals surface area contributed by atoms with Crippen molar-refractivity contribution < 1.29 is 8.42 Å². The number of benzene rings is 1. The monoisotopic (exact) mass is 310 g/mol. The summed E-state index contributed by atoms with van der Waals surface area (Å²) in [6, 6.07) is 7.58. The van der Waals surface area contributed by atoms with Crippen LogP contribution in [0.3, 0.4) is 0 Å².